The smallest absolute Gasteiger partial charge is 0.227 e. The summed E-state index contributed by atoms with van der Waals surface area (Å²) in [5.41, 5.74) is 2.22. The number of anilines is 2. The molecule has 0 aliphatic carbocycles. The first-order valence-corrected chi connectivity index (χ1v) is 12.9. The summed E-state index contributed by atoms with van der Waals surface area (Å²) >= 11 is 0. The molecule has 14 nitrogen and oxygen atoms in total. The standard InChI is InChI=1S/C24H31N11O3/c1-2-35-32-21(31-33-35)19-17(36)18(37)23(38-19)34-13-27-16-20(26-11-8-14-6-4-3-5-7-14)29-24(30-22(16)34)28-15-9-10-25-12-15/h3-7,13,15,17-19,23,25,36-37H,2,8-12H2,1H3,(H2,26,28,29,30)/t15?,17-,18+,19-,23+/m0/s1. The molecule has 0 amide bonds. The second-order valence-electron chi connectivity index (χ2n) is 9.48. The third kappa shape index (κ3) is 4.78. The summed E-state index contributed by atoms with van der Waals surface area (Å²) in [4.78, 5) is 15.4. The van der Waals surface area contributed by atoms with Crippen molar-refractivity contribution in [1.29, 1.82) is 0 Å². The van der Waals surface area contributed by atoms with E-state index in [9.17, 15) is 10.2 Å². The molecule has 2 saturated heterocycles. The molecule has 1 unspecified atom stereocenters. The van der Waals surface area contributed by atoms with Gasteiger partial charge in [-0.05, 0) is 37.1 Å². The van der Waals surface area contributed by atoms with Crippen LogP contribution in [0.4, 0.5) is 11.8 Å². The first-order chi connectivity index (χ1) is 18.6. The Hall–Kier alpha value is -3.72. The predicted octanol–water partition coefficient (Wildman–Crippen LogP) is 0.253. The number of aromatic nitrogens is 8. The van der Waals surface area contributed by atoms with Gasteiger partial charge in [-0.1, -0.05) is 30.3 Å². The van der Waals surface area contributed by atoms with E-state index in [1.54, 1.807) is 10.9 Å². The van der Waals surface area contributed by atoms with Crippen molar-refractivity contribution in [2.45, 2.75) is 56.9 Å². The number of hydrogen-bond acceptors (Lipinski definition) is 12. The van der Waals surface area contributed by atoms with Crippen LogP contribution in [0.3, 0.4) is 0 Å². The highest BCUT2D eigenvalue weighted by molar-refractivity contribution is 5.84. The van der Waals surface area contributed by atoms with Gasteiger partial charge in [-0.25, -0.2) is 4.98 Å². The molecule has 200 valence electrons. The lowest BCUT2D eigenvalue weighted by Crippen LogP contribution is -2.29. The molecule has 0 radical (unpaired) electrons. The quantitative estimate of drug-likeness (QED) is 0.204. The molecule has 2 aliphatic rings. The van der Waals surface area contributed by atoms with E-state index in [0.717, 1.165) is 25.9 Å². The molecular weight excluding hydrogens is 490 g/mol. The predicted molar refractivity (Wildman–Crippen MR) is 137 cm³/mol. The fraction of sp³-hybridized carbons (Fsp3) is 0.500. The van der Waals surface area contributed by atoms with Crippen LogP contribution in [0.2, 0.25) is 0 Å². The van der Waals surface area contributed by atoms with Crippen molar-refractivity contribution < 1.29 is 14.9 Å². The lowest BCUT2D eigenvalue weighted by atomic mass is 10.1. The molecule has 3 aromatic heterocycles. The minimum absolute atomic E-state index is 0.202. The van der Waals surface area contributed by atoms with E-state index in [-0.39, 0.29) is 11.9 Å². The molecule has 0 spiro atoms. The van der Waals surface area contributed by atoms with E-state index < -0.39 is 24.5 Å². The van der Waals surface area contributed by atoms with Gasteiger partial charge in [-0.2, -0.15) is 14.8 Å². The van der Waals surface area contributed by atoms with Crippen LogP contribution in [0, 0.1) is 0 Å². The summed E-state index contributed by atoms with van der Waals surface area (Å²) in [6, 6.07) is 10.4. The maximum Gasteiger partial charge on any atom is 0.227 e. The normalized spacial score (nSPS) is 25.3. The Bertz CT molecular complexity index is 1370. The third-order valence-electron chi connectivity index (χ3n) is 6.88. The van der Waals surface area contributed by atoms with E-state index >= 15 is 0 Å². The molecule has 0 saturated carbocycles. The van der Waals surface area contributed by atoms with Crippen molar-refractivity contribution in [3.05, 3.63) is 48.0 Å². The third-order valence-corrected chi connectivity index (χ3v) is 6.88. The molecule has 5 atom stereocenters. The van der Waals surface area contributed by atoms with E-state index in [1.807, 2.05) is 25.1 Å². The van der Waals surface area contributed by atoms with Gasteiger partial charge < -0.3 is 30.9 Å². The summed E-state index contributed by atoms with van der Waals surface area (Å²) in [6.45, 7) is 4.80. The summed E-state index contributed by atoms with van der Waals surface area (Å²) in [6.07, 6.45) is -1.10. The van der Waals surface area contributed by atoms with Gasteiger partial charge in [0, 0.05) is 19.1 Å². The van der Waals surface area contributed by atoms with Gasteiger partial charge in [-0.3, -0.25) is 4.57 Å². The average molecular weight is 522 g/mol. The molecule has 14 heteroatoms. The summed E-state index contributed by atoms with van der Waals surface area (Å²) in [5.74, 6) is 1.24. The zero-order chi connectivity index (χ0) is 26.1. The van der Waals surface area contributed by atoms with Crippen LogP contribution < -0.4 is 16.0 Å². The van der Waals surface area contributed by atoms with Crippen molar-refractivity contribution in [3.8, 4) is 0 Å². The molecular formula is C24H31N11O3. The Balaban J connectivity index is 1.30. The number of rotatable bonds is 9. The zero-order valence-electron chi connectivity index (χ0n) is 21.0. The minimum Gasteiger partial charge on any atom is -0.387 e. The molecule has 38 heavy (non-hydrogen) atoms. The van der Waals surface area contributed by atoms with E-state index in [0.29, 0.717) is 36.0 Å². The zero-order valence-corrected chi connectivity index (χ0v) is 21.0. The van der Waals surface area contributed by atoms with E-state index in [4.69, 9.17) is 14.7 Å². The fourth-order valence-corrected chi connectivity index (χ4v) is 4.83. The van der Waals surface area contributed by atoms with Crippen LogP contribution in [-0.2, 0) is 17.7 Å². The second-order valence-corrected chi connectivity index (χ2v) is 9.48. The van der Waals surface area contributed by atoms with Gasteiger partial charge in [0.1, 0.15) is 12.2 Å². The number of hydrogen-bond donors (Lipinski definition) is 5. The Kier molecular flexibility index (Phi) is 6.84. The highest BCUT2D eigenvalue weighted by Gasteiger charge is 2.47. The van der Waals surface area contributed by atoms with Gasteiger partial charge in [0.2, 0.25) is 11.8 Å². The molecule has 6 rings (SSSR count). The molecule has 5 heterocycles. The van der Waals surface area contributed by atoms with E-state index in [2.05, 4.69) is 48.5 Å². The van der Waals surface area contributed by atoms with Crippen LogP contribution in [0.15, 0.2) is 36.7 Å². The molecule has 5 N–H and O–H groups in total. The number of benzene rings is 1. The van der Waals surface area contributed by atoms with Crippen molar-refractivity contribution in [3.63, 3.8) is 0 Å². The maximum absolute atomic E-state index is 10.9. The fourth-order valence-electron chi connectivity index (χ4n) is 4.83. The van der Waals surface area contributed by atoms with Crippen LogP contribution in [-0.4, -0.2) is 87.8 Å². The number of aliphatic hydroxyl groups excluding tert-OH is 2. The molecule has 0 bridgehead atoms. The molecule has 1 aromatic carbocycles. The van der Waals surface area contributed by atoms with Gasteiger partial charge in [0.25, 0.3) is 0 Å². The van der Waals surface area contributed by atoms with Crippen LogP contribution in [0.5, 0.6) is 0 Å². The Morgan fingerprint density at radius 1 is 1.16 bits per heavy atom. The number of aliphatic hydroxyl groups is 2. The first kappa shape index (κ1) is 24.6. The number of aryl methyl sites for hydroxylation is 1. The second kappa shape index (κ2) is 10.6. The van der Waals surface area contributed by atoms with Gasteiger partial charge in [0.15, 0.2) is 29.3 Å². The minimum atomic E-state index is -1.26. The number of imidazole rings is 1. The van der Waals surface area contributed by atoms with Crippen molar-refractivity contribution >= 4 is 22.9 Å². The van der Waals surface area contributed by atoms with Gasteiger partial charge >= 0.3 is 0 Å². The SMILES string of the molecule is CCn1nnc([C@H]2O[C@@H](n3cnc4c(NCCc5ccccc5)nc(NC5CCNC5)nc43)[C@H](O)[C@@H]2O)n1. The highest BCUT2D eigenvalue weighted by Crippen LogP contribution is 2.39. The van der Waals surface area contributed by atoms with Crippen LogP contribution in [0.1, 0.15) is 37.1 Å². The summed E-state index contributed by atoms with van der Waals surface area (Å²) in [5, 5.41) is 44.0. The number of fused-ring (bicyclic) bond motifs is 1. The Morgan fingerprint density at radius 3 is 2.79 bits per heavy atom. The van der Waals surface area contributed by atoms with Crippen molar-refractivity contribution in [2.24, 2.45) is 0 Å². The largest absolute Gasteiger partial charge is 0.387 e. The average Bonchev–Trinajstić information content (AvgIpc) is 3.74. The highest BCUT2D eigenvalue weighted by atomic mass is 16.6. The Morgan fingerprint density at radius 2 is 2.03 bits per heavy atom. The summed E-state index contributed by atoms with van der Waals surface area (Å²) in [7, 11) is 0. The van der Waals surface area contributed by atoms with Gasteiger partial charge in [-0.15, -0.1) is 10.2 Å². The molecule has 2 aliphatic heterocycles. The first-order valence-electron chi connectivity index (χ1n) is 12.9. The lowest BCUT2D eigenvalue weighted by Gasteiger charge is -2.18. The van der Waals surface area contributed by atoms with E-state index in [1.165, 1.54) is 10.4 Å². The van der Waals surface area contributed by atoms with Crippen molar-refractivity contribution in [1.82, 2.24) is 45.0 Å². The lowest BCUT2D eigenvalue weighted by molar-refractivity contribution is -0.0384. The molecule has 2 fully saturated rings. The topological polar surface area (TPSA) is 173 Å². The van der Waals surface area contributed by atoms with Crippen molar-refractivity contribution in [2.75, 3.05) is 30.3 Å². The number of nitrogens with zero attached hydrogens (tertiary/aromatic N) is 8. The Labute approximate surface area is 218 Å². The monoisotopic (exact) mass is 521 g/mol. The molecule has 4 aromatic rings. The maximum atomic E-state index is 10.9. The number of nitrogens with one attached hydrogen (secondary N) is 3. The van der Waals surface area contributed by atoms with Crippen LogP contribution in [0.25, 0.3) is 11.2 Å². The number of ether oxygens (including phenoxy) is 1. The number of tetrazole rings is 1. The van der Waals surface area contributed by atoms with Gasteiger partial charge in [0.05, 0.1) is 12.9 Å². The van der Waals surface area contributed by atoms with Crippen LogP contribution >= 0.6 is 0 Å². The summed E-state index contributed by atoms with van der Waals surface area (Å²) < 4.78 is 7.69.